The first-order valence-corrected chi connectivity index (χ1v) is 19.1. The molecule has 0 bridgehead atoms. The summed E-state index contributed by atoms with van der Waals surface area (Å²) in [4.78, 5) is 11.4. The largest absolute Gasteiger partial charge is 0.460 e. The molecule has 0 aliphatic heterocycles. The molecule has 1 unspecified atom stereocenters. The molecule has 0 aromatic rings. The summed E-state index contributed by atoms with van der Waals surface area (Å²) >= 11 is 0. The fourth-order valence-electron chi connectivity index (χ4n) is 2.38. The first kappa shape index (κ1) is 28.7. The van der Waals surface area contributed by atoms with Crippen LogP contribution in [0.1, 0.15) is 13.3 Å². The Hall–Kier alpha value is -0.339. The monoisotopic (exact) mass is 466 g/mol. The lowest BCUT2D eigenvalue weighted by atomic mass is 10.4. The molecule has 0 rings (SSSR count). The molecule has 0 aromatic heterocycles. The van der Waals surface area contributed by atoms with E-state index in [9.17, 15) is 4.79 Å². The predicted octanol–water partition coefficient (Wildman–Crippen LogP) is 2.46. The van der Waals surface area contributed by atoms with E-state index in [2.05, 4.69) is 39.3 Å². The third-order valence-corrected chi connectivity index (χ3v) is 7.73. The van der Waals surface area contributed by atoms with Crippen LogP contribution >= 0.6 is 0 Å². The molecule has 1 atom stereocenters. The molecule has 7 nitrogen and oxygen atoms in total. The fourth-order valence-corrected chi connectivity index (χ4v) is 8.92. The molecule has 0 aliphatic rings. The number of hydrogen-bond donors (Lipinski definition) is 1. The van der Waals surface area contributed by atoms with E-state index in [1.54, 1.807) is 13.0 Å². The Morgan fingerprint density at radius 3 is 2.17 bits per heavy atom. The van der Waals surface area contributed by atoms with Gasteiger partial charge >= 0.3 is 5.97 Å². The number of aliphatic hydroxyl groups is 1. The zero-order chi connectivity index (χ0) is 22.3. The van der Waals surface area contributed by atoms with Crippen LogP contribution in [0, 0.1) is 0 Å². The van der Waals surface area contributed by atoms with Crippen molar-refractivity contribution in [1.82, 2.24) is 0 Å². The van der Waals surface area contributed by atoms with Crippen LogP contribution in [-0.4, -0.2) is 82.3 Å². The summed E-state index contributed by atoms with van der Waals surface area (Å²) in [6.07, 6.45) is 3.54. The SMILES string of the molecule is CC=CC(=O)OCC(COCCC[SiH2]C(O[Si](C)(C)C)O[Si](C)(C)C)OCCO. The zero-order valence-corrected chi connectivity index (χ0v) is 22.8. The summed E-state index contributed by atoms with van der Waals surface area (Å²) in [7, 11) is -3.78. The van der Waals surface area contributed by atoms with Crippen LogP contribution in [-0.2, 0) is 27.9 Å². The molecule has 172 valence electrons. The van der Waals surface area contributed by atoms with E-state index in [0.717, 1.165) is 12.5 Å². The van der Waals surface area contributed by atoms with Gasteiger partial charge in [-0.05, 0) is 52.6 Å². The van der Waals surface area contributed by atoms with Crippen LogP contribution in [0.15, 0.2) is 12.2 Å². The quantitative estimate of drug-likeness (QED) is 0.116. The molecule has 0 saturated heterocycles. The highest BCUT2D eigenvalue weighted by Gasteiger charge is 2.26. The van der Waals surface area contributed by atoms with Crippen LogP contribution in [0.5, 0.6) is 0 Å². The van der Waals surface area contributed by atoms with E-state index in [4.69, 9.17) is 28.2 Å². The molecule has 0 fully saturated rings. The van der Waals surface area contributed by atoms with Crippen molar-refractivity contribution in [2.24, 2.45) is 0 Å². The zero-order valence-electron chi connectivity index (χ0n) is 19.4. The van der Waals surface area contributed by atoms with Gasteiger partial charge in [-0.2, -0.15) is 0 Å². The van der Waals surface area contributed by atoms with Crippen molar-refractivity contribution in [1.29, 1.82) is 0 Å². The van der Waals surface area contributed by atoms with Crippen LogP contribution in [0.3, 0.4) is 0 Å². The van der Waals surface area contributed by atoms with E-state index in [1.807, 2.05) is 0 Å². The Bertz CT molecular complexity index is 446. The molecule has 0 aromatic carbocycles. The molecule has 29 heavy (non-hydrogen) atoms. The van der Waals surface area contributed by atoms with Crippen molar-refractivity contribution in [3.63, 3.8) is 0 Å². The average Bonchev–Trinajstić information content (AvgIpc) is 2.56. The van der Waals surface area contributed by atoms with Crippen molar-refractivity contribution in [3.8, 4) is 0 Å². The Morgan fingerprint density at radius 1 is 1.03 bits per heavy atom. The lowest BCUT2D eigenvalue weighted by molar-refractivity contribution is -0.144. The molecule has 10 heteroatoms. The van der Waals surface area contributed by atoms with E-state index in [1.165, 1.54) is 6.08 Å². The Balaban J connectivity index is 4.22. The van der Waals surface area contributed by atoms with Gasteiger partial charge in [0.05, 0.1) is 29.3 Å². The maximum absolute atomic E-state index is 11.4. The van der Waals surface area contributed by atoms with Gasteiger partial charge < -0.3 is 28.2 Å². The summed E-state index contributed by atoms with van der Waals surface area (Å²) in [5.74, 6) is -0.410. The first-order valence-electron chi connectivity index (χ1n) is 10.4. The number of hydrogen-bond acceptors (Lipinski definition) is 7. The smallest absolute Gasteiger partial charge is 0.330 e. The summed E-state index contributed by atoms with van der Waals surface area (Å²) in [5.41, 5.74) is 0. The van der Waals surface area contributed by atoms with E-state index in [0.29, 0.717) is 13.2 Å². The highest BCUT2D eigenvalue weighted by Crippen LogP contribution is 2.14. The molecular weight excluding hydrogens is 424 g/mol. The molecule has 0 amide bonds. The van der Waals surface area contributed by atoms with Crippen LogP contribution < -0.4 is 0 Å². The van der Waals surface area contributed by atoms with Crippen LogP contribution in [0.25, 0.3) is 0 Å². The van der Waals surface area contributed by atoms with Gasteiger partial charge in [0.2, 0.25) is 0 Å². The van der Waals surface area contributed by atoms with Crippen LogP contribution in [0.4, 0.5) is 0 Å². The minimum Gasteiger partial charge on any atom is -0.460 e. The highest BCUT2D eigenvalue weighted by atomic mass is 28.4. The summed E-state index contributed by atoms with van der Waals surface area (Å²) in [6.45, 7) is 16.1. The Morgan fingerprint density at radius 2 is 1.66 bits per heavy atom. The summed E-state index contributed by atoms with van der Waals surface area (Å²) in [5, 5.41) is 8.93. The van der Waals surface area contributed by atoms with E-state index in [-0.39, 0.29) is 31.8 Å². The summed E-state index contributed by atoms with van der Waals surface area (Å²) < 4.78 is 28.8. The average molecular weight is 467 g/mol. The van der Waals surface area contributed by atoms with E-state index >= 15 is 0 Å². The van der Waals surface area contributed by atoms with Gasteiger partial charge in [0.25, 0.3) is 0 Å². The molecule has 0 saturated carbocycles. The number of aliphatic hydroxyl groups excluding tert-OH is 1. The highest BCUT2D eigenvalue weighted by molar-refractivity contribution is 6.71. The Labute approximate surface area is 181 Å². The van der Waals surface area contributed by atoms with Gasteiger partial charge in [-0.15, -0.1) is 0 Å². The van der Waals surface area contributed by atoms with Crippen molar-refractivity contribution in [2.75, 3.05) is 33.0 Å². The maximum atomic E-state index is 11.4. The second kappa shape index (κ2) is 15.5. The fraction of sp³-hybridized carbons (Fsp3) is 0.842. The number of carbonyl (C=O) groups is 1. The second-order valence-electron chi connectivity index (χ2n) is 8.81. The standard InChI is InChI=1S/C19H42O7Si3/c1-8-10-18(21)24-16-17(23-13-11-20)15-22-12-9-14-27-19(25-28(2,3)4)26-29(5,6)7/h8,10,17,19-20H,9,11-16,27H2,1-7H3. The third-order valence-electron chi connectivity index (χ3n) is 3.41. The van der Waals surface area contributed by atoms with Crippen molar-refractivity contribution >= 4 is 32.1 Å². The second-order valence-corrected chi connectivity index (χ2v) is 19.7. The molecular formula is C19H42O7Si3. The lowest BCUT2D eigenvalue weighted by Gasteiger charge is -2.31. The molecule has 0 aliphatic carbocycles. The normalized spacial score (nSPS) is 14.4. The lowest BCUT2D eigenvalue weighted by Crippen LogP contribution is -2.43. The van der Waals surface area contributed by atoms with Gasteiger partial charge in [-0.25, -0.2) is 4.79 Å². The van der Waals surface area contributed by atoms with Crippen LogP contribution in [0.2, 0.25) is 45.3 Å². The number of ether oxygens (including phenoxy) is 3. The van der Waals surface area contributed by atoms with E-state index < -0.39 is 32.1 Å². The minimum absolute atomic E-state index is 0.00000196. The summed E-state index contributed by atoms with van der Waals surface area (Å²) in [6, 6.07) is 1.08. The predicted molar refractivity (Wildman–Crippen MR) is 124 cm³/mol. The molecule has 0 spiro atoms. The van der Waals surface area contributed by atoms with Gasteiger partial charge in [0.15, 0.2) is 16.6 Å². The third kappa shape index (κ3) is 19.4. The number of carbonyl (C=O) groups excluding carboxylic acids is 1. The first-order chi connectivity index (χ1) is 13.5. The van der Waals surface area contributed by atoms with Gasteiger partial charge in [-0.1, -0.05) is 12.1 Å². The minimum atomic E-state index is -1.63. The number of esters is 1. The number of rotatable bonds is 17. The molecule has 1 N–H and O–H groups in total. The number of allylic oxidation sites excluding steroid dienone is 1. The molecule has 0 heterocycles. The van der Waals surface area contributed by atoms with Gasteiger partial charge in [0.1, 0.15) is 18.6 Å². The van der Waals surface area contributed by atoms with Crippen molar-refractivity contribution in [3.05, 3.63) is 12.2 Å². The van der Waals surface area contributed by atoms with Crippen molar-refractivity contribution < 1.29 is 33.0 Å². The topological polar surface area (TPSA) is 83.5 Å². The van der Waals surface area contributed by atoms with Gasteiger partial charge in [-0.3, -0.25) is 0 Å². The Kier molecular flexibility index (Phi) is 15.3. The van der Waals surface area contributed by atoms with Gasteiger partial charge in [0, 0.05) is 12.7 Å². The maximum Gasteiger partial charge on any atom is 0.330 e. The molecule has 0 radical (unpaired) electrons. The van der Waals surface area contributed by atoms with Crippen molar-refractivity contribution in [2.45, 2.75) is 70.7 Å².